The molecule has 1 unspecified atom stereocenters. The molecule has 0 radical (unpaired) electrons. The van der Waals surface area contributed by atoms with Gasteiger partial charge in [-0.25, -0.2) is 17.2 Å². The molecular formula is C15H12F5NO3S. The fourth-order valence-corrected chi connectivity index (χ4v) is 3.00. The van der Waals surface area contributed by atoms with Gasteiger partial charge in [-0.1, -0.05) is 18.2 Å². The third-order valence-corrected chi connectivity index (χ3v) is 4.81. The van der Waals surface area contributed by atoms with E-state index in [-0.39, 0.29) is 11.6 Å². The minimum atomic E-state index is -5.81. The second-order valence-electron chi connectivity index (χ2n) is 5.01. The highest BCUT2D eigenvalue weighted by atomic mass is 32.2. The zero-order valence-corrected chi connectivity index (χ0v) is 13.2. The molecule has 0 bridgehead atoms. The molecule has 0 aromatic heterocycles. The number of nitrogens with one attached hydrogen (secondary N) is 1. The first kappa shape index (κ1) is 19.1. The number of alkyl halides is 3. The molecule has 0 amide bonds. The maximum atomic E-state index is 13.6. The number of halogens is 5. The van der Waals surface area contributed by atoms with Crippen LogP contribution in [0.3, 0.4) is 0 Å². The van der Waals surface area contributed by atoms with Crippen LogP contribution in [0.15, 0.2) is 47.4 Å². The number of rotatable bonds is 5. The van der Waals surface area contributed by atoms with Crippen LogP contribution in [-0.4, -0.2) is 25.6 Å². The molecule has 2 aromatic rings. The van der Waals surface area contributed by atoms with Crippen molar-refractivity contribution in [3.8, 4) is 0 Å². The Kier molecular flexibility index (Phi) is 5.33. The lowest BCUT2D eigenvalue weighted by molar-refractivity contribution is -0.0435. The summed E-state index contributed by atoms with van der Waals surface area (Å²) in [5.41, 5.74) is -6.31. The third kappa shape index (κ3) is 4.07. The highest BCUT2D eigenvalue weighted by Gasteiger charge is 2.48. The maximum Gasteiger partial charge on any atom is 0.501 e. The van der Waals surface area contributed by atoms with E-state index < -0.39 is 50.2 Å². The molecule has 136 valence electrons. The topological polar surface area (TPSA) is 66.4 Å². The molecule has 0 aliphatic heterocycles. The standard InChI is InChI=1S/C15H12F5NO3S/c16-9-5-6-12(14(7-9)25(23,24)15(18,19)20)21-8-13(22)10-3-1-2-4-11(10)17/h1-7,13,21-22H,8H2. The second-order valence-corrected chi connectivity index (χ2v) is 6.92. The number of aliphatic hydroxyl groups is 1. The van der Waals surface area contributed by atoms with Crippen molar-refractivity contribution in [2.45, 2.75) is 16.5 Å². The minimum Gasteiger partial charge on any atom is -0.386 e. The second kappa shape index (κ2) is 6.96. The molecule has 25 heavy (non-hydrogen) atoms. The quantitative estimate of drug-likeness (QED) is 0.779. The molecule has 0 aliphatic rings. The molecule has 0 saturated carbocycles. The van der Waals surface area contributed by atoms with Gasteiger partial charge in [0.25, 0.3) is 9.84 Å². The molecule has 0 heterocycles. The zero-order valence-electron chi connectivity index (χ0n) is 12.4. The van der Waals surface area contributed by atoms with Crippen LogP contribution in [-0.2, 0) is 9.84 Å². The van der Waals surface area contributed by atoms with Crippen LogP contribution in [0.4, 0.5) is 27.6 Å². The molecule has 0 aliphatic carbocycles. The van der Waals surface area contributed by atoms with Gasteiger partial charge in [-0.15, -0.1) is 0 Å². The Labute approximate surface area is 139 Å². The molecule has 10 heteroatoms. The van der Waals surface area contributed by atoms with E-state index in [1.54, 1.807) is 0 Å². The lowest BCUT2D eigenvalue weighted by Crippen LogP contribution is -2.25. The molecule has 2 N–H and O–H groups in total. The highest BCUT2D eigenvalue weighted by Crippen LogP contribution is 2.35. The SMILES string of the molecule is O=S(=O)(c1cc(F)ccc1NCC(O)c1ccccc1F)C(F)(F)F. The van der Waals surface area contributed by atoms with Crippen molar-refractivity contribution in [3.63, 3.8) is 0 Å². The summed E-state index contributed by atoms with van der Waals surface area (Å²) in [4.78, 5) is -1.32. The Balaban J connectivity index is 2.31. The van der Waals surface area contributed by atoms with E-state index in [9.17, 15) is 35.5 Å². The van der Waals surface area contributed by atoms with E-state index in [0.29, 0.717) is 0 Å². The number of benzene rings is 2. The van der Waals surface area contributed by atoms with Gasteiger partial charge in [0.2, 0.25) is 0 Å². The Morgan fingerprint density at radius 1 is 1.08 bits per heavy atom. The molecule has 2 aromatic carbocycles. The lowest BCUT2D eigenvalue weighted by atomic mass is 10.1. The summed E-state index contributed by atoms with van der Waals surface area (Å²) in [5.74, 6) is -1.91. The van der Waals surface area contributed by atoms with Gasteiger partial charge in [-0.2, -0.15) is 13.2 Å². The smallest absolute Gasteiger partial charge is 0.386 e. The predicted molar refractivity (Wildman–Crippen MR) is 79.5 cm³/mol. The predicted octanol–water partition coefficient (Wildman–Crippen LogP) is 3.40. The van der Waals surface area contributed by atoms with E-state index in [4.69, 9.17) is 0 Å². The van der Waals surface area contributed by atoms with Crippen LogP contribution in [0.25, 0.3) is 0 Å². The molecule has 1 atom stereocenters. The van der Waals surface area contributed by atoms with Gasteiger partial charge in [0.05, 0.1) is 11.8 Å². The number of hydrogen-bond donors (Lipinski definition) is 2. The van der Waals surface area contributed by atoms with Crippen molar-refractivity contribution in [1.82, 2.24) is 0 Å². The number of sulfone groups is 1. The summed E-state index contributed by atoms with van der Waals surface area (Å²) >= 11 is 0. The zero-order chi connectivity index (χ0) is 18.8. The molecule has 2 rings (SSSR count). The monoisotopic (exact) mass is 381 g/mol. The summed E-state index contributed by atoms with van der Waals surface area (Å²) in [5, 5.41) is 12.2. The van der Waals surface area contributed by atoms with Gasteiger partial charge < -0.3 is 10.4 Å². The van der Waals surface area contributed by atoms with Crippen LogP contribution in [0, 0.1) is 11.6 Å². The Morgan fingerprint density at radius 3 is 2.32 bits per heavy atom. The van der Waals surface area contributed by atoms with E-state index in [0.717, 1.165) is 18.2 Å². The van der Waals surface area contributed by atoms with Crippen molar-refractivity contribution >= 4 is 15.5 Å². The third-order valence-electron chi connectivity index (χ3n) is 3.29. The van der Waals surface area contributed by atoms with Gasteiger partial charge in [0.15, 0.2) is 0 Å². The maximum absolute atomic E-state index is 13.6. The van der Waals surface area contributed by atoms with E-state index in [2.05, 4.69) is 5.32 Å². The van der Waals surface area contributed by atoms with Gasteiger partial charge in [-0.3, -0.25) is 0 Å². The van der Waals surface area contributed by atoms with Gasteiger partial charge >= 0.3 is 5.51 Å². The first-order valence-electron chi connectivity index (χ1n) is 6.81. The largest absolute Gasteiger partial charge is 0.501 e. The van der Waals surface area contributed by atoms with E-state index >= 15 is 0 Å². The van der Waals surface area contributed by atoms with Gasteiger partial charge in [0, 0.05) is 12.1 Å². The van der Waals surface area contributed by atoms with Gasteiger partial charge in [-0.05, 0) is 24.3 Å². The van der Waals surface area contributed by atoms with Crippen LogP contribution in [0.1, 0.15) is 11.7 Å². The minimum absolute atomic E-state index is 0.127. The summed E-state index contributed by atoms with van der Waals surface area (Å²) < 4.78 is 88.0. The number of anilines is 1. The Morgan fingerprint density at radius 2 is 1.72 bits per heavy atom. The van der Waals surface area contributed by atoms with Crippen molar-refractivity contribution < 1.29 is 35.5 Å². The van der Waals surface area contributed by atoms with Crippen molar-refractivity contribution in [2.24, 2.45) is 0 Å². The average molecular weight is 381 g/mol. The van der Waals surface area contributed by atoms with Crippen molar-refractivity contribution in [1.29, 1.82) is 0 Å². The van der Waals surface area contributed by atoms with Gasteiger partial charge in [0.1, 0.15) is 16.5 Å². The fraction of sp³-hybridized carbons (Fsp3) is 0.200. The lowest BCUT2D eigenvalue weighted by Gasteiger charge is -2.17. The number of aliphatic hydroxyl groups excluding tert-OH is 1. The molecule has 0 saturated heterocycles. The van der Waals surface area contributed by atoms with Crippen molar-refractivity contribution in [2.75, 3.05) is 11.9 Å². The Hall–Kier alpha value is -2.20. The summed E-state index contributed by atoms with van der Waals surface area (Å²) in [6, 6.07) is 6.94. The highest BCUT2D eigenvalue weighted by molar-refractivity contribution is 7.92. The first-order valence-corrected chi connectivity index (χ1v) is 8.29. The van der Waals surface area contributed by atoms with Crippen LogP contribution < -0.4 is 5.32 Å². The van der Waals surface area contributed by atoms with E-state index in [1.807, 2.05) is 0 Å². The molecule has 0 spiro atoms. The molecule has 4 nitrogen and oxygen atoms in total. The average Bonchev–Trinajstić information content (AvgIpc) is 2.52. The fourth-order valence-electron chi connectivity index (χ4n) is 2.05. The molecular weight excluding hydrogens is 369 g/mol. The Bertz CT molecular complexity index is 868. The normalized spacial score (nSPS) is 13.5. The first-order chi connectivity index (χ1) is 11.5. The summed E-state index contributed by atoms with van der Waals surface area (Å²) in [6.45, 7) is -0.493. The van der Waals surface area contributed by atoms with Crippen LogP contribution in [0.2, 0.25) is 0 Å². The van der Waals surface area contributed by atoms with Crippen LogP contribution >= 0.6 is 0 Å². The number of hydrogen-bond acceptors (Lipinski definition) is 4. The molecule has 0 fully saturated rings. The van der Waals surface area contributed by atoms with Crippen LogP contribution in [0.5, 0.6) is 0 Å². The van der Waals surface area contributed by atoms with Crippen molar-refractivity contribution in [3.05, 3.63) is 59.7 Å². The summed E-state index contributed by atoms with van der Waals surface area (Å²) in [7, 11) is -5.81. The summed E-state index contributed by atoms with van der Waals surface area (Å²) in [6.07, 6.45) is -1.47. The van der Waals surface area contributed by atoms with E-state index in [1.165, 1.54) is 18.2 Å².